The predicted molar refractivity (Wildman–Crippen MR) is 95.5 cm³/mol. The molecule has 8 nitrogen and oxygen atoms in total. The summed E-state index contributed by atoms with van der Waals surface area (Å²) in [7, 11) is 0. The van der Waals surface area contributed by atoms with E-state index in [0.717, 1.165) is 37.2 Å². The second-order valence-electron chi connectivity index (χ2n) is 6.42. The molecule has 1 aliphatic rings. The quantitative estimate of drug-likeness (QED) is 0.712. The summed E-state index contributed by atoms with van der Waals surface area (Å²) in [5.74, 6) is 0.0167. The van der Waals surface area contributed by atoms with Gasteiger partial charge in [0.1, 0.15) is 18.2 Å². The van der Waals surface area contributed by atoms with Crippen molar-refractivity contribution >= 4 is 5.91 Å². The molecule has 0 bridgehead atoms. The van der Waals surface area contributed by atoms with Crippen molar-refractivity contribution in [2.24, 2.45) is 0 Å². The smallest absolute Gasteiger partial charge is 0.248 e. The molecule has 0 unspecified atom stereocenters. The molecule has 0 radical (unpaired) electrons. The summed E-state index contributed by atoms with van der Waals surface area (Å²) in [4.78, 5) is 17.0. The summed E-state index contributed by atoms with van der Waals surface area (Å²) in [5.41, 5.74) is 1.35. The van der Waals surface area contributed by atoms with Crippen LogP contribution in [0.15, 0.2) is 55.4 Å². The number of aromatic nitrogens is 5. The lowest BCUT2D eigenvalue weighted by atomic mass is 9.87. The van der Waals surface area contributed by atoms with Crippen LogP contribution >= 0.6 is 0 Å². The summed E-state index contributed by atoms with van der Waals surface area (Å²) in [5, 5.41) is 14.9. The van der Waals surface area contributed by atoms with Crippen LogP contribution in [-0.4, -0.2) is 43.5 Å². The van der Waals surface area contributed by atoms with Gasteiger partial charge in [-0.1, -0.05) is 12.1 Å². The molecule has 0 aliphatic carbocycles. The van der Waals surface area contributed by atoms with Crippen LogP contribution in [0.1, 0.15) is 18.4 Å². The van der Waals surface area contributed by atoms with Gasteiger partial charge in [-0.25, -0.2) is 9.67 Å². The first kappa shape index (κ1) is 16.5. The number of hydrogen-bond acceptors (Lipinski definition) is 5. The Hall–Kier alpha value is -3.00. The number of carbonyl (C=O) groups is 1. The van der Waals surface area contributed by atoms with Crippen molar-refractivity contribution in [2.75, 3.05) is 13.1 Å². The van der Waals surface area contributed by atoms with Gasteiger partial charge in [-0.3, -0.25) is 9.48 Å². The van der Waals surface area contributed by atoms with Crippen LogP contribution < -0.4 is 10.6 Å². The molecule has 3 aromatic rings. The molecular weight excluding hydrogens is 330 g/mol. The Labute approximate surface area is 151 Å². The summed E-state index contributed by atoms with van der Waals surface area (Å²) in [6.45, 7) is 2.09. The minimum atomic E-state index is -0.616. The van der Waals surface area contributed by atoms with Crippen LogP contribution in [0, 0.1) is 0 Å². The second-order valence-corrected chi connectivity index (χ2v) is 6.42. The number of carbonyl (C=O) groups excluding carboxylic acids is 1. The Morgan fingerprint density at radius 1 is 1.19 bits per heavy atom. The number of piperidine rings is 1. The number of benzene rings is 1. The summed E-state index contributed by atoms with van der Waals surface area (Å²) in [6, 6.07) is 9.76. The normalized spacial score (nSPS) is 16.3. The first-order valence-electron chi connectivity index (χ1n) is 8.71. The molecule has 0 saturated carbocycles. The molecule has 1 fully saturated rings. The SMILES string of the molecule is O=C(NCc1ccc(-n2cncn2)cc1)C1(n2cccn2)CCNCC1. The van der Waals surface area contributed by atoms with Crippen LogP contribution in [0.25, 0.3) is 5.69 Å². The fourth-order valence-corrected chi connectivity index (χ4v) is 3.38. The van der Waals surface area contributed by atoms with Crippen molar-refractivity contribution in [3.8, 4) is 5.69 Å². The minimum Gasteiger partial charge on any atom is -0.350 e. The van der Waals surface area contributed by atoms with E-state index in [-0.39, 0.29) is 5.91 Å². The number of nitrogens with zero attached hydrogens (tertiary/aromatic N) is 5. The van der Waals surface area contributed by atoms with Crippen molar-refractivity contribution in [3.05, 3.63) is 60.9 Å². The van der Waals surface area contributed by atoms with E-state index < -0.39 is 5.54 Å². The number of rotatable bonds is 5. The van der Waals surface area contributed by atoms with E-state index in [1.807, 2.05) is 36.5 Å². The number of nitrogens with one attached hydrogen (secondary N) is 2. The average molecular weight is 351 g/mol. The van der Waals surface area contributed by atoms with E-state index in [9.17, 15) is 4.79 Å². The average Bonchev–Trinajstić information content (AvgIpc) is 3.41. The van der Waals surface area contributed by atoms with E-state index in [4.69, 9.17) is 0 Å². The molecule has 2 aromatic heterocycles. The Morgan fingerprint density at radius 2 is 2.00 bits per heavy atom. The molecule has 26 heavy (non-hydrogen) atoms. The number of hydrogen-bond donors (Lipinski definition) is 2. The van der Waals surface area contributed by atoms with Crippen LogP contribution in [0.4, 0.5) is 0 Å². The van der Waals surface area contributed by atoms with Gasteiger partial charge in [-0.2, -0.15) is 10.2 Å². The third-order valence-electron chi connectivity index (χ3n) is 4.87. The third kappa shape index (κ3) is 3.11. The van der Waals surface area contributed by atoms with Gasteiger partial charge in [0, 0.05) is 18.9 Å². The highest BCUT2D eigenvalue weighted by Crippen LogP contribution is 2.27. The maximum atomic E-state index is 13.0. The fraction of sp³-hybridized carbons (Fsp3) is 0.333. The van der Waals surface area contributed by atoms with Crippen LogP contribution in [0.5, 0.6) is 0 Å². The maximum absolute atomic E-state index is 13.0. The van der Waals surface area contributed by atoms with Crippen LogP contribution in [0.3, 0.4) is 0 Å². The number of amides is 1. The molecule has 1 amide bonds. The van der Waals surface area contributed by atoms with Crippen molar-refractivity contribution < 1.29 is 4.79 Å². The highest BCUT2D eigenvalue weighted by atomic mass is 16.2. The van der Waals surface area contributed by atoms with Crippen molar-refractivity contribution in [2.45, 2.75) is 24.9 Å². The molecule has 4 rings (SSSR count). The Kier molecular flexibility index (Phi) is 4.49. The van der Waals surface area contributed by atoms with E-state index in [2.05, 4.69) is 25.8 Å². The van der Waals surface area contributed by atoms with Crippen molar-refractivity contribution in [3.63, 3.8) is 0 Å². The molecule has 134 valence electrons. The van der Waals surface area contributed by atoms with Gasteiger partial charge in [-0.05, 0) is 49.7 Å². The van der Waals surface area contributed by atoms with Gasteiger partial charge in [0.15, 0.2) is 0 Å². The zero-order valence-corrected chi connectivity index (χ0v) is 14.4. The molecule has 0 atom stereocenters. The first-order valence-corrected chi connectivity index (χ1v) is 8.71. The lowest BCUT2D eigenvalue weighted by molar-refractivity contribution is -0.132. The molecule has 2 N–H and O–H groups in total. The lowest BCUT2D eigenvalue weighted by Gasteiger charge is -2.36. The zero-order chi connectivity index (χ0) is 17.8. The largest absolute Gasteiger partial charge is 0.350 e. The zero-order valence-electron chi connectivity index (χ0n) is 14.4. The molecule has 1 aliphatic heterocycles. The van der Waals surface area contributed by atoms with Gasteiger partial charge in [0.05, 0.1) is 5.69 Å². The van der Waals surface area contributed by atoms with Crippen LogP contribution in [-0.2, 0) is 16.9 Å². The third-order valence-corrected chi connectivity index (χ3v) is 4.87. The van der Waals surface area contributed by atoms with Gasteiger partial charge >= 0.3 is 0 Å². The molecule has 8 heteroatoms. The first-order chi connectivity index (χ1) is 12.8. The van der Waals surface area contributed by atoms with Gasteiger partial charge in [0.2, 0.25) is 5.91 Å². The van der Waals surface area contributed by atoms with E-state index in [1.165, 1.54) is 6.33 Å². The molecule has 3 heterocycles. The minimum absolute atomic E-state index is 0.0167. The Bertz CT molecular complexity index is 834. The fourth-order valence-electron chi connectivity index (χ4n) is 3.38. The molecule has 1 aromatic carbocycles. The van der Waals surface area contributed by atoms with Gasteiger partial charge in [0.25, 0.3) is 0 Å². The molecular formula is C18H21N7O. The lowest BCUT2D eigenvalue weighted by Crippen LogP contribution is -2.54. The summed E-state index contributed by atoms with van der Waals surface area (Å²) >= 11 is 0. The highest BCUT2D eigenvalue weighted by molar-refractivity contribution is 5.84. The predicted octanol–water partition coefficient (Wildman–Crippen LogP) is 0.859. The molecule has 1 saturated heterocycles. The van der Waals surface area contributed by atoms with Gasteiger partial charge in [-0.15, -0.1) is 0 Å². The van der Waals surface area contributed by atoms with Gasteiger partial charge < -0.3 is 10.6 Å². The Balaban J connectivity index is 1.45. The topological polar surface area (TPSA) is 89.7 Å². The monoisotopic (exact) mass is 351 g/mol. The molecule has 0 spiro atoms. The highest BCUT2D eigenvalue weighted by Gasteiger charge is 2.41. The summed E-state index contributed by atoms with van der Waals surface area (Å²) in [6.07, 6.45) is 8.21. The Morgan fingerprint density at radius 3 is 2.65 bits per heavy atom. The second kappa shape index (κ2) is 7.09. The summed E-state index contributed by atoms with van der Waals surface area (Å²) < 4.78 is 3.50. The maximum Gasteiger partial charge on any atom is 0.248 e. The van der Waals surface area contributed by atoms with Crippen LogP contribution in [0.2, 0.25) is 0 Å². The van der Waals surface area contributed by atoms with E-state index in [1.54, 1.807) is 21.9 Å². The standard InChI is InChI=1S/C18H21N7O/c26-17(18(6-9-19-10-7-18)25-11-1-8-22-25)21-12-15-2-4-16(5-3-15)24-14-20-13-23-24/h1-5,8,11,13-14,19H,6-7,9-10,12H2,(H,21,26). The van der Waals surface area contributed by atoms with Crippen molar-refractivity contribution in [1.82, 2.24) is 35.2 Å². The van der Waals surface area contributed by atoms with E-state index in [0.29, 0.717) is 6.54 Å². The van der Waals surface area contributed by atoms with E-state index >= 15 is 0 Å². The van der Waals surface area contributed by atoms with Crippen molar-refractivity contribution in [1.29, 1.82) is 0 Å².